The third-order valence-corrected chi connectivity index (χ3v) is 3.94. The van der Waals surface area contributed by atoms with Crippen LogP contribution in [-0.4, -0.2) is 12.4 Å². The van der Waals surface area contributed by atoms with Gasteiger partial charge in [0.2, 0.25) is 5.78 Å². The average molecular weight is 319 g/mol. The quantitative estimate of drug-likeness (QED) is 0.759. The Kier molecular flexibility index (Phi) is 4.45. The Labute approximate surface area is 123 Å². The van der Waals surface area contributed by atoms with E-state index in [9.17, 15) is 9.18 Å². The maximum atomic E-state index is 12.9. The molecular formula is C13H9Cl2FO2S. The van der Waals surface area contributed by atoms with Gasteiger partial charge in [-0.2, -0.15) is 0 Å². The first kappa shape index (κ1) is 14.3. The summed E-state index contributed by atoms with van der Waals surface area (Å²) in [5, 5.41) is 0. The molecule has 0 saturated carbocycles. The Morgan fingerprint density at radius 2 is 2.11 bits per heavy atom. The number of hydrogen-bond donors (Lipinski definition) is 0. The Bertz CT molecular complexity index is 625. The minimum atomic E-state index is -0.344. The molecule has 1 aromatic heterocycles. The number of benzene rings is 1. The molecule has 19 heavy (non-hydrogen) atoms. The molecule has 0 atom stereocenters. The zero-order valence-corrected chi connectivity index (χ0v) is 12.2. The van der Waals surface area contributed by atoms with Gasteiger partial charge in [0.1, 0.15) is 15.9 Å². The second-order valence-corrected chi connectivity index (χ2v) is 6.15. The van der Waals surface area contributed by atoms with Crippen LogP contribution in [0.4, 0.5) is 4.39 Å². The first-order valence-corrected chi connectivity index (χ1v) is 6.91. The maximum absolute atomic E-state index is 12.9. The molecule has 2 aromatic rings. The molecule has 0 N–H and O–H groups in total. The molecule has 1 aromatic carbocycles. The molecule has 0 unspecified atom stereocenters. The fourth-order valence-electron chi connectivity index (χ4n) is 1.53. The summed E-state index contributed by atoms with van der Waals surface area (Å²) in [4.78, 5) is 11.9. The fraction of sp³-hybridized carbons (Fsp3) is 0.154. The molecule has 2 rings (SSSR count). The van der Waals surface area contributed by atoms with E-state index in [0.29, 0.717) is 25.5 Å². The third kappa shape index (κ3) is 3.47. The highest BCUT2D eigenvalue weighted by molar-refractivity contribution is 7.20. The lowest BCUT2D eigenvalue weighted by atomic mass is 10.2. The van der Waals surface area contributed by atoms with Crippen LogP contribution in [0, 0.1) is 12.7 Å². The molecule has 0 fully saturated rings. The largest absolute Gasteiger partial charge is 0.485 e. The molecule has 0 saturated heterocycles. The van der Waals surface area contributed by atoms with Gasteiger partial charge < -0.3 is 4.74 Å². The second kappa shape index (κ2) is 5.90. The molecule has 100 valence electrons. The van der Waals surface area contributed by atoms with Crippen molar-refractivity contribution in [2.45, 2.75) is 6.92 Å². The molecular weight excluding hydrogens is 310 g/mol. The van der Waals surface area contributed by atoms with Gasteiger partial charge in [0.05, 0.1) is 9.90 Å². The van der Waals surface area contributed by atoms with Gasteiger partial charge in [0.15, 0.2) is 6.61 Å². The molecule has 0 aliphatic rings. The first-order valence-electron chi connectivity index (χ1n) is 5.34. The Balaban J connectivity index is 2.06. The highest BCUT2D eigenvalue weighted by Gasteiger charge is 2.15. The van der Waals surface area contributed by atoms with Crippen molar-refractivity contribution in [2.24, 2.45) is 0 Å². The minimum absolute atomic E-state index is 0.167. The van der Waals surface area contributed by atoms with Gasteiger partial charge in [-0.25, -0.2) is 4.39 Å². The van der Waals surface area contributed by atoms with Crippen molar-refractivity contribution in [2.75, 3.05) is 6.61 Å². The van der Waals surface area contributed by atoms with Crippen LogP contribution in [0.15, 0.2) is 24.3 Å². The molecule has 1 heterocycles. The lowest BCUT2D eigenvalue weighted by Gasteiger charge is -2.08. The van der Waals surface area contributed by atoms with E-state index in [2.05, 4.69) is 0 Å². The third-order valence-electron chi connectivity index (χ3n) is 2.45. The molecule has 0 aliphatic carbocycles. The summed E-state index contributed by atoms with van der Waals surface area (Å²) in [7, 11) is 0. The molecule has 0 spiro atoms. The molecule has 6 heteroatoms. The van der Waals surface area contributed by atoms with E-state index < -0.39 is 0 Å². The van der Waals surface area contributed by atoms with Gasteiger partial charge in [0, 0.05) is 0 Å². The average Bonchev–Trinajstić information content (AvgIpc) is 2.67. The van der Waals surface area contributed by atoms with Crippen molar-refractivity contribution < 1.29 is 13.9 Å². The summed E-state index contributed by atoms with van der Waals surface area (Å²) in [6.07, 6.45) is 0. The van der Waals surface area contributed by atoms with Crippen molar-refractivity contribution in [1.29, 1.82) is 0 Å². The van der Waals surface area contributed by atoms with Gasteiger partial charge in [-0.05, 0) is 36.8 Å². The summed E-state index contributed by atoms with van der Waals surface area (Å²) in [5.41, 5.74) is 0.971. The first-order chi connectivity index (χ1) is 8.97. The van der Waals surface area contributed by atoms with Crippen LogP contribution in [0.5, 0.6) is 5.75 Å². The van der Waals surface area contributed by atoms with Crippen LogP contribution >= 0.6 is 34.5 Å². The van der Waals surface area contributed by atoms with Gasteiger partial charge in [0.25, 0.3) is 0 Å². The maximum Gasteiger partial charge on any atom is 0.202 e. The number of hydrogen-bond acceptors (Lipinski definition) is 3. The Hall–Kier alpha value is -1.10. The number of carbonyl (C=O) groups is 1. The summed E-state index contributed by atoms with van der Waals surface area (Å²) in [6, 6.07) is 5.62. The van der Waals surface area contributed by atoms with E-state index in [1.54, 1.807) is 6.92 Å². The lowest BCUT2D eigenvalue weighted by Crippen LogP contribution is -2.11. The summed E-state index contributed by atoms with van der Waals surface area (Å²) >= 11 is 12.8. The predicted octanol–water partition coefficient (Wildman–Crippen LogP) is 4.76. The molecule has 0 aliphatic heterocycles. The zero-order valence-electron chi connectivity index (χ0n) is 9.88. The van der Waals surface area contributed by atoms with Crippen LogP contribution in [-0.2, 0) is 0 Å². The number of ketones is 1. The topological polar surface area (TPSA) is 26.3 Å². The summed E-state index contributed by atoms with van der Waals surface area (Å²) < 4.78 is 19.1. The Morgan fingerprint density at radius 1 is 1.37 bits per heavy atom. The van der Waals surface area contributed by atoms with Gasteiger partial charge >= 0.3 is 0 Å². The van der Waals surface area contributed by atoms with Crippen molar-refractivity contribution in [3.63, 3.8) is 0 Å². The number of halogens is 3. The molecule has 2 nitrogen and oxygen atoms in total. The van der Waals surface area contributed by atoms with E-state index in [0.717, 1.165) is 11.3 Å². The number of thiophene rings is 1. The van der Waals surface area contributed by atoms with Crippen molar-refractivity contribution >= 4 is 40.3 Å². The summed E-state index contributed by atoms with van der Waals surface area (Å²) in [6.45, 7) is 1.54. The van der Waals surface area contributed by atoms with Crippen LogP contribution in [0.1, 0.15) is 15.9 Å². The number of Topliss-reactive ketones (excluding diaryl/α,β-unsaturated/α-hetero) is 1. The highest BCUT2D eigenvalue weighted by Crippen LogP contribution is 2.31. The van der Waals surface area contributed by atoms with Crippen molar-refractivity contribution in [3.05, 3.63) is 49.9 Å². The molecule has 0 bridgehead atoms. The predicted molar refractivity (Wildman–Crippen MR) is 75.3 cm³/mol. The van der Waals surface area contributed by atoms with E-state index in [1.807, 2.05) is 0 Å². The summed E-state index contributed by atoms with van der Waals surface area (Å²) in [5.74, 6) is -0.145. The van der Waals surface area contributed by atoms with E-state index in [4.69, 9.17) is 27.9 Å². The normalized spacial score (nSPS) is 10.5. The minimum Gasteiger partial charge on any atom is -0.485 e. The number of ether oxygens (including phenoxy) is 1. The fourth-order valence-corrected chi connectivity index (χ4v) is 3.03. The standard InChI is InChI=1S/C13H9Cl2FO2S/c1-7-4-8(16)2-3-11(7)18-6-10(17)9-5-12(14)19-13(9)15/h2-5H,6H2,1H3. The lowest BCUT2D eigenvalue weighted by molar-refractivity contribution is 0.0921. The van der Waals surface area contributed by atoms with Crippen molar-refractivity contribution in [1.82, 2.24) is 0 Å². The van der Waals surface area contributed by atoms with E-state index in [1.165, 1.54) is 24.3 Å². The monoisotopic (exact) mass is 318 g/mol. The van der Waals surface area contributed by atoms with Gasteiger partial charge in [-0.1, -0.05) is 23.2 Å². The SMILES string of the molecule is Cc1cc(F)ccc1OCC(=O)c1cc(Cl)sc1Cl. The van der Waals surface area contributed by atoms with E-state index >= 15 is 0 Å². The van der Waals surface area contributed by atoms with Gasteiger partial charge in [-0.3, -0.25) is 4.79 Å². The smallest absolute Gasteiger partial charge is 0.202 e. The highest BCUT2D eigenvalue weighted by atomic mass is 35.5. The van der Waals surface area contributed by atoms with Crippen LogP contribution in [0.3, 0.4) is 0 Å². The second-order valence-electron chi connectivity index (χ2n) is 3.86. The van der Waals surface area contributed by atoms with Crippen LogP contribution in [0.2, 0.25) is 8.67 Å². The van der Waals surface area contributed by atoms with Crippen LogP contribution in [0.25, 0.3) is 0 Å². The number of aryl methyl sites for hydroxylation is 1. The Morgan fingerprint density at radius 3 is 2.68 bits per heavy atom. The van der Waals surface area contributed by atoms with Crippen LogP contribution < -0.4 is 4.74 Å². The van der Waals surface area contributed by atoms with Crippen molar-refractivity contribution in [3.8, 4) is 5.75 Å². The number of carbonyl (C=O) groups excluding carboxylic acids is 1. The van der Waals surface area contributed by atoms with E-state index in [-0.39, 0.29) is 18.2 Å². The molecule has 0 radical (unpaired) electrons. The van der Waals surface area contributed by atoms with Gasteiger partial charge in [-0.15, -0.1) is 11.3 Å². The zero-order chi connectivity index (χ0) is 14.0. The molecule has 0 amide bonds. The number of rotatable bonds is 4.